The molecule has 1 rings (SSSR count). The van der Waals surface area contributed by atoms with Crippen LogP contribution in [0.5, 0.6) is 0 Å². The molecule has 0 radical (unpaired) electrons. The Balaban J connectivity index is 2.43. The molecule has 0 atom stereocenters. The van der Waals surface area contributed by atoms with Gasteiger partial charge in [0, 0.05) is 25.7 Å². The molecule has 6 heteroatoms. The first-order valence-corrected chi connectivity index (χ1v) is 8.30. The fourth-order valence-electron chi connectivity index (χ4n) is 1.85. The fourth-order valence-corrected chi connectivity index (χ4v) is 2.23. The third-order valence-electron chi connectivity index (χ3n) is 2.86. The van der Waals surface area contributed by atoms with E-state index in [1.165, 1.54) is 0 Å². The maximum absolute atomic E-state index is 12.2. The summed E-state index contributed by atoms with van der Waals surface area (Å²) in [5.74, 6) is 0. The molecule has 1 amide bonds. The number of carbonyl (C=O) groups excluding carboxylic acids is 1. The molecule has 0 saturated carbocycles. The normalized spacial score (nSPS) is 11.6. The lowest BCUT2D eigenvalue weighted by atomic mass is 10.2. The van der Waals surface area contributed by atoms with Gasteiger partial charge < -0.3 is 15.0 Å². The zero-order chi connectivity index (χ0) is 16.8. The Labute approximate surface area is 141 Å². The number of amides is 1. The summed E-state index contributed by atoms with van der Waals surface area (Å²) in [6, 6.07) is 5.91. The highest BCUT2D eigenvalue weighted by Gasteiger charge is 2.23. The van der Waals surface area contributed by atoms with Crippen molar-refractivity contribution in [1.82, 2.24) is 15.2 Å². The minimum Gasteiger partial charge on any atom is -0.444 e. The molecule has 0 saturated heterocycles. The number of aromatic nitrogens is 1. The molecule has 1 aromatic rings. The van der Waals surface area contributed by atoms with Gasteiger partial charge in [-0.15, -0.1) is 0 Å². The Morgan fingerprint density at radius 2 is 2.09 bits per heavy atom. The van der Waals surface area contributed by atoms with Crippen LogP contribution < -0.4 is 5.32 Å². The van der Waals surface area contributed by atoms with Crippen LogP contribution in [0.1, 0.15) is 40.3 Å². The van der Waals surface area contributed by atoms with Crippen molar-refractivity contribution in [3.63, 3.8) is 0 Å². The van der Waals surface area contributed by atoms with Gasteiger partial charge in [0.15, 0.2) is 0 Å². The van der Waals surface area contributed by atoms with Crippen LogP contribution in [0, 0.1) is 0 Å². The second kappa shape index (κ2) is 8.48. The number of halogens is 1. The third kappa shape index (κ3) is 7.22. The van der Waals surface area contributed by atoms with Crippen LogP contribution in [0.4, 0.5) is 4.79 Å². The van der Waals surface area contributed by atoms with Crippen LogP contribution in [0.15, 0.2) is 22.8 Å². The van der Waals surface area contributed by atoms with E-state index in [2.05, 4.69) is 26.2 Å². The predicted molar refractivity (Wildman–Crippen MR) is 91.7 cm³/mol. The number of hydrogen-bond donors (Lipinski definition) is 1. The summed E-state index contributed by atoms with van der Waals surface area (Å²) in [7, 11) is 0. The van der Waals surface area contributed by atoms with E-state index in [-0.39, 0.29) is 12.1 Å². The number of hydrogen-bond acceptors (Lipinski definition) is 4. The Kier molecular flexibility index (Phi) is 7.29. The highest BCUT2D eigenvalue weighted by molar-refractivity contribution is 9.10. The van der Waals surface area contributed by atoms with Gasteiger partial charge in [0.25, 0.3) is 0 Å². The molecule has 0 aliphatic carbocycles. The van der Waals surface area contributed by atoms with E-state index in [4.69, 9.17) is 4.74 Å². The van der Waals surface area contributed by atoms with Crippen molar-refractivity contribution >= 4 is 22.0 Å². The average Bonchev–Trinajstić information content (AvgIpc) is 2.35. The Bertz CT molecular complexity index is 487. The highest BCUT2D eigenvalue weighted by atomic mass is 79.9. The summed E-state index contributed by atoms with van der Waals surface area (Å²) in [6.45, 7) is 11.5. The van der Waals surface area contributed by atoms with Crippen molar-refractivity contribution in [1.29, 1.82) is 0 Å². The second-order valence-corrected chi connectivity index (χ2v) is 7.21. The number of nitrogens with one attached hydrogen (secondary N) is 1. The first-order valence-electron chi connectivity index (χ1n) is 7.51. The van der Waals surface area contributed by atoms with Gasteiger partial charge in [0.05, 0.1) is 5.69 Å². The number of ether oxygens (including phenoxy) is 1. The number of carbonyl (C=O) groups is 1. The SMILES string of the molecule is CC(C)N(CCNCc1cccc(Br)n1)C(=O)OC(C)(C)C. The average molecular weight is 372 g/mol. The van der Waals surface area contributed by atoms with E-state index < -0.39 is 5.60 Å². The van der Waals surface area contributed by atoms with Gasteiger partial charge in [-0.2, -0.15) is 0 Å². The lowest BCUT2D eigenvalue weighted by molar-refractivity contribution is 0.0193. The molecule has 1 N–H and O–H groups in total. The fraction of sp³-hybridized carbons (Fsp3) is 0.625. The zero-order valence-electron chi connectivity index (χ0n) is 14.0. The van der Waals surface area contributed by atoms with E-state index in [1.54, 1.807) is 4.90 Å². The largest absolute Gasteiger partial charge is 0.444 e. The van der Waals surface area contributed by atoms with Crippen molar-refractivity contribution in [2.24, 2.45) is 0 Å². The summed E-state index contributed by atoms with van der Waals surface area (Å²) < 4.78 is 6.26. The summed E-state index contributed by atoms with van der Waals surface area (Å²) in [4.78, 5) is 18.3. The molecule has 0 aromatic carbocycles. The van der Waals surface area contributed by atoms with Crippen LogP contribution in [0.25, 0.3) is 0 Å². The van der Waals surface area contributed by atoms with E-state index in [1.807, 2.05) is 52.8 Å². The van der Waals surface area contributed by atoms with E-state index >= 15 is 0 Å². The molecule has 5 nitrogen and oxygen atoms in total. The van der Waals surface area contributed by atoms with Crippen molar-refractivity contribution in [3.05, 3.63) is 28.5 Å². The highest BCUT2D eigenvalue weighted by Crippen LogP contribution is 2.11. The number of pyridine rings is 1. The smallest absolute Gasteiger partial charge is 0.410 e. The van der Waals surface area contributed by atoms with E-state index in [0.717, 1.165) is 10.3 Å². The third-order valence-corrected chi connectivity index (χ3v) is 3.30. The number of rotatable bonds is 6. The van der Waals surface area contributed by atoms with Crippen LogP contribution in [0.3, 0.4) is 0 Å². The Morgan fingerprint density at radius 1 is 1.41 bits per heavy atom. The molecular weight excluding hydrogens is 346 g/mol. The Hall–Kier alpha value is -1.14. The van der Waals surface area contributed by atoms with Crippen LogP contribution in [0.2, 0.25) is 0 Å². The molecular formula is C16H26BrN3O2. The topological polar surface area (TPSA) is 54.5 Å². The molecule has 0 aliphatic heterocycles. The zero-order valence-corrected chi connectivity index (χ0v) is 15.6. The number of nitrogens with zero attached hydrogens (tertiary/aromatic N) is 2. The summed E-state index contributed by atoms with van der Waals surface area (Å²) in [5.41, 5.74) is 0.487. The van der Waals surface area contributed by atoms with Gasteiger partial charge >= 0.3 is 6.09 Å². The standard InChI is InChI=1S/C16H26BrN3O2/c1-12(2)20(15(21)22-16(3,4)5)10-9-18-11-13-7-6-8-14(17)19-13/h6-8,12,18H,9-11H2,1-5H3. The monoisotopic (exact) mass is 371 g/mol. The van der Waals surface area contributed by atoms with Gasteiger partial charge in [0.2, 0.25) is 0 Å². The molecule has 0 fully saturated rings. The van der Waals surface area contributed by atoms with Crippen LogP contribution >= 0.6 is 15.9 Å². The van der Waals surface area contributed by atoms with Crippen LogP contribution in [-0.4, -0.2) is 40.7 Å². The quantitative estimate of drug-likeness (QED) is 0.613. The molecule has 0 spiro atoms. The molecule has 124 valence electrons. The van der Waals surface area contributed by atoms with Crippen molar-refractivity contribution in [3.8, 4) is 0 Å². The van der Waals surface area contributed by atoms with Gasteiger partial charge in [0.1, 0.15) is 10.2 Å². The maximum atomic E-state index is 12.2. The predicted octanol–water partition coefficient (Wildman–Crippen LogP) is 3.58. The van der Waals surface area contributed by atoms with E-state index in [9.17, 15) is 4.79 Å². The molecule has 1 aromatic heterocycles. The first kappa shape index (κ1) is 18.9. The molecule has 0 aliphatic rings. The molecule has 1 heterocycles. The van der Waals surface area contributed by atoms with Crippen molar-refractivity contribution in [2.45, 2.75) is 52.8 Å². The Morgan fingerprint density at radius 3 is 2.64 bits per heavy atom. The summed E-state index contributed by atoms with van der Waals surface area (Å²) in [5, 5.41) is 3.30. The lowest BCUT2D eigenvalue weighted by Crippen LogP contribution is -2.44. The second-order valence-electron chi connectivity index (χ2n) is 6.40. The molecule has 22 heavy (non-hydrogen) atoms. The molecule has 0 bridgehead atoms. The van der Waals surface area contributed by atoms with Crippen LogP contribution in [-0.2, 0) is 11.3 Å². The first-order chi connectivity index (χ1) is 10.2. The lowest BCUT2D eigenvalue weighted by Gasteiger charge is -2.30. The van der Waals surface area contributed by atoms with Gasteiger partial charge in [-0.3, -0.25) is 0 Å². The minimum atomic E-state index is -0.474. The van der Waals surface area contributed by atoms with Gasteiger partial charge in [-0.1, -0.05) is 6.07 Å². The van der Waals surface area contributed by atoms with Crippen molar-refractivity contribution in [2.75, 3.05) is 13.1 Å². The maximum Gasteiger partial charge on any atom is 0.410 e. The minimum absolute atomic E-state index is 0.0978. The van der Waals surface area contributed by atoms with Crippen molar-refractivity contribution < 1.29 is 9.53 Å². The van der Waals surface area contributed by atoms with Gasteiger partial charge in [-0.25, -0.2) is 9.78 Å². The van der Waals surface area contributed by atoms with Gasteiger partial charge in [-0.05, 0) is 62.7 Å². The summed E-state index contributed by atoms with van der Waals surface area (Å²) in [6.07, 6.45) is -0.273. The summed E-state index contributed by atoms with van der Waals surface area (Å²) >= 11 is 3.35. The molecule has 0 unspecified atom stereocenters. The van der Waals surface area contributed by atoms with E-state index in [0.29, 0.717) is 19.6 Å².